The molecule has 1 aliphatic heterocycles. The highest BCUT2D eigenvalue weighted by atomic mass is 35.5. The predicted molar refractivity (Wildman–Crippen MR) is 80.9 cm³/mol. The van der Waals surface area contributed by atoms with Crippen LogP contribution in [0.4, 0.5) is 0 Å². The van der Waals surface area contributed by atoms with Crippen LogP contribution in [0.1, 0.15) is 43.4 Å². The summed E-state index contributed by atoms with van der Waals surface area (Å²) < 4.78 is 0. The fourth-order valence-electron chi connectivity index (χ4n) is 3.61. The number of aryl methyl sites for hydroxylation is 1. The fraction of sp³-hybridized carbons (Fsp3) is 0.562. The Balaban J connectivity index is 1.75. The summed E-state index contributed by atoms with van der Waals surface area (Å²) in [7, 11) is 0. The zero-order chi connectivity index (χ0) is 14.1. The molecule has 20 heavy (non-hydrogen) atoms. The molecule has 1 saturated heterocycles. The van der Waals surface area contributed by atoms with Gasteiger partial charge in [0, 0.05) is 37.1 Å². The van der Waals surface area contributed by atoms with E-state index < -0.39 is 0 Å². The van der Waals surface area contributed by atoms with Crippen molar-refractivity contribution in [2.45, 2.75) is 44.7 Å². The number of nitrogens with zero attached hydrogens (tertiary/aromatic N) is 1. The monoisotopic (exact) mass is 292 g/mol. The minimum atomic E-state index is 0.0766. The van der Waals surface area contributed by atoms with E-state index in [1.165, 1.54) is 24.0 Å². The maximum atomic E-state index is 11.2. The van der Waals surface area contributed by atoms with Gasteiger partial charge in [0.25, 0.3) is 0 Å². The molecule has 1 N–H and O–H groups in total. The second-order valence-corrected chi connectivity index (χ2v) is 6.37. The van der Waals surface area contributed by atoms with Crippen molar-refractivity contribution in [3.8, 4) is 0 Å². The van der Waals surface area contributed by atoms with Crippen molar-refractivity contribution in [3.63, 3.8) is 0 Å². The Morgan fingerprint density at radius 1 is 1.40 bits per heavy atom. The molecule has 1 amide bonds. The Morgan fingerprint density at radius 3 is 3.05 bits per heavy atom. The van der Waals surface area contributed by atoms with Gasteiger partial charge in [-0.05, 0) is 48.9 Å². The first-order valence-electron chi connectivity index (χ1n) is 7.43. The van der Waals surface area contributed by atoms with Crippen LogP contribution in [-0.4, -0.2) is 29.9 Å². The quantitative estimate of drug-likeness (QED) is 0.909. The molecule has 108 valence electrons. The van der Waals surface area contributed by atoms with Crippen LogP contribution in [0.5, 0.6) is 0 Å². The molecule has 3 nitrogen and oxygen atoms in total. The standard InChI is InChI=1S/C16H21ClN2O/c1-11(20)18-14-7-8-19(10-14)16-4-2-3-12-9-13(17)5-6-15(12)16/h5-6,9,14,16H,2-4,7-8,10H2,1H3,(H,18,20). The summed E-state index contributed by atoms with van der Waals surface area (Å²) in [6.45, 7) is 3.63. The van der Waals surface area contributed by atoms with Crippen LogP contribution in [0.25, 0.3) is 0 Å². The van der Waals surface area contributed by atoms with Gasteiger partial charge in [0.15, 0.2) is 0 Å². The van der Waals surface area contributed by atoms with Crippen LogP contribution in [-0.2, 0) is 11.2 Å². The Morgan fingerprint density at radius 2 is 2.25 bits per heavy atom. The molecule has 0 bridgehead atoms. The Hall–Kier alpha value is -1.06. The lowest BCUT2D eigenvalue weighted by Crippen LogP contribution is -2.37. The third-order valence-electron chi connectivity index (χ3n) is 4.46. The van der Waals surface area contributed by atoms with Crippen LogP contribution in [0.2, 0.25) is 5.02 Å². The molecular formula is C16H21ClN2O. The second-order valence-electron chi connectivity index (χ2n) is 5.93. The summed E-state index contributed by atoms with van der Waals surface area (Å²) in [5.74, 6) is 0.0766. The lowest BCUT2D eigenvalue weighted by molar-refractivity contribution is -0.119. The maximum absolute atomic E-state index is 11.2. The van der Waals surface area contributed by atoms with Gasteiger partial charge >= 0.3 is 0 Å². The molecule has 0 spiro atoms. The lowest BCUT2D eigenvalue weighted by Gasteiger charge is -2.33. The molecule has 2 atom stereocenters. The number of carbonyl (C=O) groups is 1. The number of hydrogen-bond donors (Lipinski definition) is 1. The minimum absolute atomic E-state index is 0.0766. The third-order valence-corrected chi connectivity index (χ3v) is 4.69. The van der Waals surface area contributed by atoms with E-state index in [2.05, 4.69) is 22.3 Å². The van der Waals surface area contributed by atoms with Gasteiger partial charge in [0.2, 0.25) is 5.91 Å². The number of benzene rings is 1. The summed E-state index contributed by atoms with van der Waals surface area (Å²) in [6.07, 6.45) is 4.62. The minimum Gasteiger partial charge on any atom is -0.352 e. The topological polar surface area (TPSA) is 32.3 Å². The Kier molecular flexibility index (Phi) is 3.99. The SMILES string of the molecule is CC(=O)NC1CCN(C2CCCc3cc(Cl)ccc32)C1. The van der Waals surface area contributed by atoms with Crippen LogP contribution < -0.4 is 5.32 Å². The Labute approximate surface area is 125 Å². The zero-order valence-corrected chi connectivity index (χ0v) is 12.6. The van der Waals surface area contributed by atoms with E-state index in [1.54, 1.807) is 6.92 Å². The van der Waals surface area contributed by atoms with E-state index in [-0.39, 0.29) is 5.91 Å². The highest BCUT2D eigenvalue weighted by molar-refractivity contribution is 6.30. The van der Waals surface area contributed by atoms with Crippen molar-refractivity contribution >= 4 is 17.5 Å². The van der Waals surface area contributed by atoms with E-state index in [4.69, 9.17) is 11.6 Å². The lowest BCUT2D eigenvalue weighted by atomic mass is 9.87. The van der Waals surface area contributed by atoms with Crippen molar-refractivity contribution in [2.75, 3.05) is 13.1 Å². The van der Waals surface area contributed by atoms with E-state index in [9.17, 15) is 4.79 Å². The molecule has 2 unspecified atom stereocenters. The first kappa shape index (κ1) is 13.9. The summed E-state index contributed by atoms with van der Waals surface area (Å²) in [5.41, 5.74) is 2.83. The summed E-state index contributed by atoms with van der Waals surface area (Å²) >= 11 is 6.10. The second kappa shape index (κ2) is 5.74. The normalized spacial score (nSPS) is 26.3. The average Bonchev–Trinajstić information content (AvgIpc) is 2.85. The molecule has 0 saturated carbocycles. The molecule has 1 aromatic carbocycles. The van der Waals surface area contributed by atoms with Gasteiger partial charge in [-0.25, -0.2) is 0 Å². The van der Waals surface area contributed by atoms with E-state index >= 15 is 0 Å². The van der Waals surface area contributed by atoms with Gasteiger partial charge < -0.3 is 5.32 Å². The predicted octanol–water partition coefficient (Wildman–Crippen LogP) is 2.93. The first-order chi connectivity index (χ1) is 9.63. The number of amides is 1. The molecule has 1 heterocycles. The molecule has 1 aromatic rings. The number of likely N-dealkylation sites (tertiary alicyclic amines) is 1. The van der Waals surface area contributed by atoms with Gasteiger partial charge in [-0.15, -0.1) is 0 Å². The average molecular weight is 293 g/mol. The number of halogens is 1. The zero-order valence-electron chi connectivity index (χ0n) is 11.9. The number of nitrogens with one attached hydrogen (secondary N) is 1. The molecule has 1 aliphatic carbocycles. The van der Waals surface area contributed by atoms with Crippen LogP contribution in [0.15, 0.2) is 18.2 Å². The first-order valence-corrected chi connectivity index (χ1v) is 7.81. The van der Waals surface area contributed by atoms with Crippen molar-refractivity contribution < 1.29 is 4.79 Å². The smallest absolute Gasteiger partial charge is 0.217 e. The van der Waals surface area contributed by atoms with Gasteiger partial charge in [0.05, 0.1) is 0 Å². The van der Waals surface area contributed by atoms with E-state index in [0.717, 1.165) is 31.0 Å². The van der Waals surface area contributed by atoms with Crippen molar-refractivity contribution in [1.82, 2.24) is 10.2 Å². The molecule has 2 aliphatic rings. The number of carbonyl (C=O) groups excluding carboxylic acids is 1. The molecule has 1 fully saturated rings. The van der Waals surface area contributed by atoms with Crippen molar-refractivity contribution in [3.05, 3.63) is 34.3 Å². The van der Waals surface area contributed by atoms with Crippen molar-refractivity contribution in [2.24, 2.45) is 0 Å². The van der Waals surface area contributed by atoms with Crippen LogP contribution in [0, 0.1) is 0 Å². The largest absolute Gasteiger partial charge is 0.352 e. The van der Waals surface area contributed by atoms with Gasteiger partial charge in [-0.2, -0.15) is 0 Å². The molecule has 4 heteroatoms. The number of hydrogen-bond acceptors (Lipinski definition) is 2. The number of fused-ring (bicyclic) bond motifs is 1. The van der Waals surface area contributed by atoms with Gasteiger partial charge in [0.1, 0.15) is 0 Å². The van der Waals surface area contributed by atoms with Gasteiger partial charge in [-0.3, -0.25) is 9.69 Å². The highest BCUT2D eigenvalue weighted by Gasteiger charge is 2.31. The fourth-order valence-corrected chi connectivity index (χ4v) is 3.81. The van der Waals surface area contributed by atoms with Crippen LogP contribution >= 0.6 is 11.6 Å². The summed E-state index contributed by atoms with van der Waals surface area (Å²) in [4.78, 5) is 13.7. The van der Waals surface area contributed by atoms with E-state index in [0.29, 0.717) is 12.1 Å². The summed E-state index contributed by atoms with van der Waals surface area (Å²) in [6, 6.07) is 7.11. The maximum Gasteiger partial charge on any atom is 0.217 e. The molecule has 3 rings (SSSR count). The molecule has 0 radical (unpaired) electrons. The molecular weight excluding hydrogens is 272 g/mol. The van der Waals surface area contributed by atoms with Gasteiger partial charge in [-0.1, -0.05) is 17.7 Å². The third kappa shape index (κ3) is 2.84. The van der Waals surface area contributed by atoms with Crippen LogP contribution in [0.3, 0.4) is 0 Å². The van der Waals surface area contributed by atoms with E-state index in [1.807, 2.05) is 6.07 Å². The molecule has 0 aromatic heterocycles. The number of rotatable bonds is 2. The van der Waals surface area contributed by atoms with Crippen molar-refractivity contribution in [1.29, 1.82) is 0 Å². The summed E-state index contributed by atoms with van der Waals surface area (Å²) in [5, 5.41) is 3.88. The highest BCUT2D eigenvalue weighted by Crippen LogP contribution is 2.37. The Bertz CT molecular complexity index is 517.